The molecule has 4 heterocycles. The number of fused-ring (bicyclic) bond motifs is 1. The average molecular weight is 429 g/mol. The summed E-state index contributed by atoms with van der Waals surface area (Å²) in [6.45, 7) is 1.57. The standard InChI is InChI=1S/C25H24FN5O/c1-30-12-8-19-14-24(29-16-23(19)30)31(20-3-2-9-28-15-20)25(32)21-5-4-18(13-22(21)26)17-6-10-27-11-7-17/h4-8,10-14,16,20,28H,2-3,9,15H2,1H3/t20-/m1/s1. The second-order valence-corrected chi connectivity index (χ2v) is 8.13. The zero-order valence-corrected chi connectivity index (χ0v) is 17.8. The second kappa shape index (κ2) is 8.51. The van der Waals surface area contributed by atoms with E-state index in [1.165, 1.54) is 6.07 Å². The van der Waals surface area contributed by atoms with Crippen molar-refractivity contribution in [1.82, 2.24) is 19.9 Å². The highest BCUT2D eigenvalue weighted by atomic mass is 19.1. The molecule has 1 aliphatic rings. The number of carbonyl (C=O) groups is 1. The van der Waals surface area contributed by atoms with Crippen molar-refractivity contribution in [3.8, 4) is 11.1 Å². The highest BCUT2D eigenvalue weighted by Crippen LogP contribution is 2.28. The van der Waals surface area contributed by atoms with E-state index in [1.54, 1.807) is 35.6 Å². The van der Waals surface area contributed by atoms with Crippen LogP contribution >= 0.6 is 0 Å². The molecule has 1 aliphatic heterocycles. The lowest BCUT2D eigenvalue weighted by molar-refractivity contribution is 0.0967. The number of rotatable bonds is 4. The number of aryl methyl sites for hydroxylation is 1. The van der Waals surface area contributed by atoms with E-state index in [4.69, 9.17) is 0 Å². The van der Waals surface area contributed by atoms with Crippen LogP contribution in [0.2, 0.25) is 0 Å². The fourth-order valence-corrected chi connectivity index (χ4v) is 4.34. The number of pyridine rings is 2. The molecule has 1 fully saturated rings. The Morgan fingerprint density at radius 1 is 1.16 bits per heavy atom. The summed E-state index contributed by atoms with van der Waals surface area (Å²) in [5.41, 5.74) is 2.58. The minimum absolute atomic E-state index is 0.0448. The highest BCUT2D eigenvalue weighted by molar-refractivity contribution is 6.07. The van der Waals surface area contributed by atoms with Crippen LogP contribution in [0, 0.1) is 5.82 Å². The Balaban J connectivity index is 1.54. The van der Waals surface area contributed by atoms with E-state index in [0.717, 1.165) is 35.9 Å². The summed E-state index contributed by atoms with van der Waals surface area (Å²) < 4.78 is 17.2. The molecule has 162 valence electrons. The van der Waals surface area contributed by atoms with Gasteiger partial charge in [0.05, 0.1) is 23.3 Å². The third-order valence-electron chi connectivity index (χ3n) is 6.07. The fraction of sp³-hybridized carbons (Fsp3) is 0.240. The van der Waals surface area contributed by atoms with Crippen LogP contribution in [0.3, 0.4) is 0 Å². The van der Waals surface area contributed by atoms with Crippen LogP contribution in [-0.4, -0.2) is 39.6 Å². The summed E-state index contributed by atoms with van der Waals surface area (Å²) in [6, 6.07) is 12.2. The molecule has 1 N–H and O–H groups in total. The first-order chi connectivity index (χ1) is 15.6. The number of piperidine rings is 1. The number of nitrogens with one attached hydrogen (secondary N) is 1. The quantitative estimate of drug-likeness (QED) is 0.529. The van der Waals surface area contributed by atoms with Gasteiger partial charge in [-0.05, 0) is 66.9 Å². The van der Waals surface area contributed by atoms with Gasteiger partial charge in [-0.3, -0.25) is 14.7 Å². The van der Waals surface area contributed by atoms with Gasteiger partial charge in [-0.2, -0.15) is 0 Å². The molecular weight excluding hydrogens is 405 g/mol. The van der Waals surface area contributed by atoms with Gasteiger partial charge in [-0.25, -0.2) is 9.37 Å². The predicted molar refractivity (Wildman–Crippen MR) is 123 cm³/mol. The van der Waals surface area contributed by atoms with Gasteiger partial charge < -0.3 is 9.88 Å². The van der Waals surface area contributed by atoms with Gasteiger partial charge in [0.1, 0.15) is 11.6 Å². The van der Waals surface area contributed by atoms with Crippen LogP contribution in [-0.2, 0) is 7.05 Å². The molecule has 0 saturated carbocycles. The second-order valence-electron chi connectivity index (χ2n) is 8.13. The van der Waals surface area contributed by atoms with Gasteiger partial charge in [-0.1, -0.05) is 6.07 Å². The van der Waals surface area contributed by atoms with Crippen LogP contribution in [0.25, 0.3) is 22.0 Å². The molecular formula is C25H24FN5O. The summed E-state index contributed by atoms with van der Waals surface area (Å²) in [4.78, 5) is 23.9. The van der Waals surface area contributed by atoms with Crippen LogP contribution in [0.4, 0.5) is 10.2 Å². The normalized spacial score (nSPS) is 16.2. The molecule has 3 aromatic heterocycles. The average Bonchev–Trinajstić information content (AvgIpc) is 3.20. The molecule has 1 atom stereocenters. The Labute approximate surface area is 185 Å². The van der Waals surface area contributed by atoms with E-state index in [9.17, 15) is 4.79 Å². The third kappa shape index (κ3) is 3.76. The van der Waals surface area contributed by atoms with E-state index in [2.05, 4.69) is 15.3 Å². The predicted octanol–water partition coefficient (Wildman–Crippen LogP) is 4.17. The summed E-state index contributed by atoms with van der Waals surface area (Å²) in [5.74, 6) is -0.376. The van der Waals surface area contributed by atoms with Gasteiger partial charge in [0, 0.05) is 37.6 Å². The first-order valence-electron chi connectivity index (χ1n) is 10.8. The molecule has 0 spiro atoms. The van der Waals surface area contributed by atoms with Crippen molar-refractivity contribution in [3.05, 3.63) is 78.6 Å². The zero-order valence-electron chi connectivity index (χ0n) is 17.8. The maximum Gasteiger partial charge on any atom is 0.262 e. The van der Waals surface area contributed by atoms with Crippen molar-refractivity contribution in [2.75, 3.05) is 18.0 Å². The van der Waals surface area contributed by atoms with Crippen molar-refractivity contribution in [3.63, 3.8) is 0 Å². The van der Waals surface area contributed by atoms with Crippen molar-refractivity contribution in [1.29, 1.82) is 0 Å². The van der Waals surface area contributed by atoms with Gasteiger partial charge in [-0.15, -0.1) is 0 Å². The molecule has 0 radical (unpaired) electrons. The zero-order chi connectivity index (χ0) is 22.1. The topological polar surface area (TPSA) is 63.1 Å². The van der Waals surface area contributed by atoms with Crippen LogP contribution in [0.15, 0.2) is 67.3 Å². The van der Waals surface area contributed by atoms with Crippen molar-refractivity contribution >= 4 is 22.6 Å². The Morgan fingerprint density at radius 2 is 2.00 bits per heavy atom. The van der Waals surface area contributed by atoms with E-state index >= 15 is 4.39 Å². The number of carbonyl (C=O) groups excluding carboxylic acids is 1. The van der Waals surface area contributed by atoms with Crippen LogP contribution < -0.4 is 10.2 Å². The lowest BCUT2D eigenvalue weighted by Gasteiger charge is -2.34. The molecule has 4 aromatic rings. The Kier molecular flexibility index (Phi) is 5.41. The van der Waals surface area contributed by atoms with E-state index in [0.29, 0.717) is 17.9 Å². The molecule has 1 saturated heterocycles. The number of hydrogen-bond donors (Lipinski definition) is 1. The van der Waals surface area contributed by atoms with Crippen molar-refractivity contribution in [2.45, 2.75) is 18.9 Å². The highest BCUT2D eigenvalue weighted by Gasteiger charge is 2.30. The van der Waals surface area contributed by atoms with Crippen molar-refractivity contribution in [2.24, 2.45) is 7.05 Å². The number of halogens is 1. The first-order valence-corrected chi connectivity index (χ1v) is 10.8. The molecule has 7 heteroatoms. The fourth-order valence-electron chi connectivity index (χ4n) is 4.34. The lowest BCUT2D eigenvalue weighted by atomic mass is 10.0. The number of hydrogen-bond acceptors (Lipinski definition) is 4. The molecule has 1 aromatic carbocycles. The van der Waals surface area contributed by atoms with E-state index in [1.807, 2.05) is 42.1 Å². The number of amides is 1. The number of aromatic nitrogens is 3. The Hall–Kier alpha value is -3.58. The lowest BCUT2D eigenvalue weighted by Crippen LogP contribution is -2.49. The number of nitrogens with zero attached hydrogens (tertiary/aromatic N) is 4. The smallest absolute Gasteiger partial charge is 0.262 e. The van der Waals surface area contributed by atoms with Gasteiger partial charge >= 0.3 is 0 Å². The molecule has 32 heavy (non-hydrogen) atoms. The monoisotopic (exact) mass is 429 g/mol. The van der Waals surface area contributed by atoms with Gasteiger partial charge in [0.15, 0.2) is 0 Å². The Bertz CT molecular complexity index is 1260. The molecule has 1 amide bonds. The number of anilines is 1. The molecule has 0 aliphatic carbocycles. The maximum absolute atomic E-state index is 15.2. The van der Waals surface area contributed by atoms with E-state index in [-0.39, 0.29) is 17.5 Å². The first kappa shape index (κ1) is 20.3. The summed E-state index contributed by atoms with van der Waals surface area (Å²) in [5, 5.41) is 4.35. The van der Waals surface area contributed by atoms with Gasteiger partial charge in [0.2, 0.25) is 0 Å². The van der Waals surface area contributed by atoms with Crippen molar-refractivity contribution < 1.29 is 9.18 Å². The summed E-state index contributed by atoms with van der Waals surface area (Å²) in [7, 11) is 1.96. The largest absolute Gasteiger partial charge is 0.349 e. The molecule has 0 unspecified atom stereocenters. The van der Waals surface area contributed by atoms with Gasteiger partial charge in [0.25, 0.3) is 5.91 Å². The number of benzene rings is 1. The van der Waals surface area contributed by atoms with E-state index < -0.39 is 5.82 Å². The maximum atomic E-state index is 15.2. The third-order valence-corrected chi connectivity index (χ3v) is 6.07. The molecule has 5 rings (SSSR count). The summed E-state index contributed by atoms with van der Waals surface area (Å²) in [6.07, 6.45) is 8.84. The minimum atomic E-state index is -0.543. The minimum Gasteiger partial charge on any atom is -0.349 e. The van der Waals surface area contributed by atoms with Crippen LogP contribution in [0.5, 0.6) is 0 Å². The summed E-state index contributed by atoms with van der Waals surface area (Å²) >= 11 is 0. The Morgan fingerprint density at radius 3 is 2.75 bits per heavy atom. The molecule has 0 bridgehead atoms. The SMILES string of the molecule is Cn1ccc2cc(N(C(=O)c3ccc(-c4ccncc4)cc3F)[C@@H]3CCCNC3)ncc21. The molecule has 6 nitrogen and oxygen atoms in total. The van der Waals surface area contributed by atoms with Crippen LogP contribution in [0.1, 0.15) is 23.2 Å².